The van der Waals surface area contributed by atoms with Crippen LogP contribution < -0.4 is 10.6 Å². The van der Waals surface area contributed by atoms with E-state index in [1.54, 1.807) is 12.1 Å². The number of amides is 2. The van der Waals surface area contributed by atoms with Crippen molar-refractivity contribution in [3.05, 3.63) is 29.3 Å². The molecular formula is C17H24N2O3. The highest BCUT2D eigenvalue weighted by Gasteiger charge is 2.17. The van der Waals surface area contributed by atoms with E-state index in [2.05, 4.69) is 17.6 Å². The van der Waals surface area contributed by atoms with Crippen LogP contribution in [0.15, 0.2) is 18.2 Å². The maximum absolute atomic E-state index is 12.2. The summed E-state index contributed by atoms with van der Waals surface area (Å²) in [6.45, 7) is 2.84. The minimum atomic E-state index is -0.0984. The van der Waals surface area contributed by atoms with Crippen molar-refractivity contribution in [2.24, 2.45) is 5.92 Å². The van der Waals surface area contributed by atoms with Gasteiger partial charge in [0.2, 0.25) is 5.91 Å². The van der Waals surface area contributed by atoms with Crippen LogP contribution in [0.25, 0.3) is 0 Å². The van der Waals surface area contributed by atoms with E-state index >= 15 is 0 Å². The summed E-state index contributed by atoms with van der Waals surface area (Å²) in [7, 11) is 0. The Hall–Kier alpha value is -1.88. The molecular weight excluding hydrogens is 280 g/mol. The summed E-state index contributed by atoms with van der Waals surface area (Å²) >= 11 is 0. The summed E-state index contributed by atoms with van der Waals surface area (Å²) in [6, 6.07) is 5.38. The van der Waals surface area contributed by atoms with Crippen LogP contribution in [-0.4, -0.2) is 30.1 Å². The molecule has 22 heavy (non-hydrogen) atoms. The van der Waals surface area contributed by atoms with Gasteiger partial charge in [-0.3, -0.25) is 9.59 Å². The van der Waals surface area contributed by atoms with Gasteiger partial charge in [0.25, 0.3) is 5.91 Å². The van der Waals surface area contributed by atoms with Crippen molar-refractivity contribution in [2.45, 2.75) is 39.0 Å². The molecule has 1 atom stereocenters. The molecule has 0 saturated heterocycles. The Labute approximate surface area is 131 Å². The Kier molecular flexibility index (Phi) is 5.95. The van der Waals surface area contributed by atoms with E-state index in [1.165, 1.54) is 0 Å². The Balaban J connectivity index is 1.96. The molecule has 0 saturated carbocycles. The van der Waals surface area contributed by atoms with Crippen molar-refractivity contribution in [3.63, 3.8) is 0 Å². The lowest BCUT2D eigenvalue weighted by Gasteiger charge is -2.18. The van der Waals surface area contributed by atoms with Gasteiger partial charge >= 0.3 is 0 Å². The zero-order valence-corrected chi connectivity index (χ0v) is 13.0. The number of rotatable bonds is 7. The van der Waals surface area contributed by atoms with Gasteiger partial charge in [-0.2, -0.15) is 0 Å². The minimum absolute atomic E-state index is 0.0242. The van der Waals surface area contributed by atoms with Gasteiger partial charge in [-0.25, -0.2) is 0 Å². The molecule has 2 amide bonds. The van der Waals surface area contributed by atoms with Crippen molar-refractivity contribution in [3.8, 4) is 0 Å². The number of hydrogen-bond donors (Lipinski definition) is 3. The molecule has 5 heteroatoms. The van der Waals surface area contributed by atoms with Crippen LogP contribution in [0.3, 0.4) is 0 Å². The van der Waals surface area contributed by atoms with Crippen LogP contribution in [0.5, 0.6) is 0 Å². The molecule has 2 rings (SSSR count). The summed E-state index contributed by atoms with van der Waals surface area (Å²) in [4.78, 5) is 23.6. The number of hydrogen-bond acceptors (Lipinski definition) is 3. The lowest BCUT2D eigenvalue weighted by Crippen LogP contribution is -2.30. The van der Waals surface area contributed by atoms with Crippen LogP contribution in [0.2, 0.25) is 0 Å². The number of aliphatic hydroxyl groups excluding tert-OH is 1. The quantitative estimate of drug-likeness (QED) is 0.722. The van der Waals surface area contributed by atoms with E-state index in [0.29, 0.717) is 37.3 Å². The number of aliphatic hydroxyl groups is 1. The second-order valence-corrected chi connectivity index (χ2v) is 5.80. The van der Waals surface area contributed by atoms with Gasteiger partial charge in [0, 0.05) is 30.8 Å². The lowest BCUT2D eigenvalue weighted by atomic mass is 9.99. The van der Waals surface area contributed by atoms with E-state index < -0.39 is 0 Å². The average Bonchev–Trinajstić information content (AvgIpc) is 2.52. The summed E-state index contributed by atoms with van der Waals surface area (Å²) < 4.78 is 0. The van der Waals surface area contributed by atoms with Crippen LogP contribution in [0.1, 0.15) is 48.5 Å². The van der Waals surface area contributed by atoms with Crippen molar-refractivity contribution >= 4 is 17.5 Å². The molecule has 1 unspecified atom stereocenters. The first kappa shape index (κ1) is 16.5. The summed E-state index contributed by atoms with van der Waals surface area (Å²) in [6.07, 6.45) is 3.89. The Morgan fingerprint density at radius 1 is 1.36 bits per heavy atom. The molecule has 0 aromatic heterocycles. The smallest absolute Gasteiger partial charge is 0.251 e. The van der Waals surface area contributed by atoms with Gasteiger partial charge in [-0.1, -0.05) is 13.3 Å². The molecule has 3 N–H and O–H groups in total. The highest BCUT2D eigenvalue weighted by Crippen LogP contribution is 2.23. The summed E-state index contributed by atoms with van der Waals surface area (Å²) in [5, 5.41) is 14.8. The van der Waals surface area contributed by atoms with Gasteiger partial charge in [0.1, 0.15) is 0 Å². The molecule has 0 radical (unpaired) electrons. The number of benzene rings is 1. The third-order valence-corrected chi connectivity index (χ3v) is 4.05. The summed E-state index contributed by atoms with van der Waals surface area (Å²) in [5.74, 6) is 0.241. The number of nitrogens with one attached hydrogen (secondary N) is 2. The maximum atomic E-state index is 12.2. The topological polar surface area (TPSA) is 78.4 Å². The second-order valence-electron chi connectivity index (χ2n) is 5.80. The molecule has 0 spiro atoms. The third kappa shape index (κ3) is 4.31. The molecule has 1 aliphatic rings. The van der Waals surface area contributed by atoms with E-state index in [4.69, 9.17) is 5.11 Å². The fraction of sp³-hybridized carbons (Fsp3) is 0.529. The minimum Gasteiger partial charge on any atom is -0.396 e. The third-order valence-electron chi connectivity index (χ3n) is 4.05. The molecule has 1 aromatic carbocycles. The molecule has 1 aromatic rings. The van der Waals surface area contributed by atoms with E-state index in [0.717, 1.165) is 24.1 Å². The van der Waals surface area contributed by atoms with Gasteiger partial charge < -0.3 is 15.7 Å². The van der Waals surface area contributed by atoms with Gasteiger partial charge in [0.15, 0.2) is 0 Å². The van der Waals surface area contributed by atoms with E-state index in [1.807, 2.05) is 6.07 Å². The predicted molar refractivity (Wildman–Crippen MR) is 85.8 cm³/mol. The maximum Gasteiger partial charge on any atom is 0.251 e. The molecule has 1 heterocycles. The standard InChI is InChI=1S/C17H24N2O3/c1-2-3-12(8-9-20)11-18-17(22)14-4-6-15-13(10-14)5-7-16(21)19-15/h4,6,10,12,20H,2-3,5,7-9,11H2,1H3,(H,18,22)(H,19,21). The SMILES string of the molecule is CCCC(CCO)CNC(=O)c1ccc2c(c1)CCC(=O)N2. The Bertz CT molecular complexity index is 537. The molecule has 0 bridgehead atoms. The second kappa shape index (κ2) is 7.94. The molecule has 5 nitrogen and oxygen atoms in total. The van der Waals surface area contributed by atoms with Crippen molar-refractivity contribution in [1.82, 2.24) is 5.32 Å². The predicted octanol–water partition coefficient (Wildman–Crippen LogP) is 2.10. The average molecular weight is 304 g/mol. The Morgan fingerprint density at radius 2 is 2.18 bits per heavy atom. The molecule has 1 aliphatic heterocycles. The molecule has 0 fully saturated rings. The van der Waals surface area contributed by atoms with Crippen LogP contribution >= 0.6 is 0 Å². The number of anilines is 1. The Morgan fingerprint density at radius 3 is 2.91 bits per heavy atom. The fourth-order valence-electron chi connectivity index (χ4n) is 2.80. The van der Waals surface area contributed by atoms with Gasteiger partial charge in [0.05, 0.1) is 0 Å². The number of carbonyl (C=O) groups is 2. The normalized spacial score (nSPS) is 14.9. The fourth-order valence-corrected chi connectivity index (χ4v) is 2.80. The first-order valence-electron chi connectivity index (χ1n) is 7.96. The van der Waals surface area contributed by atoms with Crippen molar-refractivity contribution < 1.29 is 14.7 Å². The molecule has 120 valence electrons. The first-order valence-corrected chi connectivity index (χ1v) is 7.96. The zero-order chi connectivity index (χ0) is 15.9. The van der Waals surface area contributed by atoms with Crippen molar-refractivity contribution in [2.75, 3.05) is 18.5 Å². The highest BCUT2D eigenvalue weighted by atomic mass is 16.3. The van der Waals surface area contributed by atoms with Gasteiger partial charge in [-0.05, 0) is 48.9 Å². The van der Waals surface area contributed by atoms with E-state index in [-0.39, 0.29) is 18.4 Å². The lowest BCUT2D eigenvalue weighted by molar-refractivity contribution is -0.116. The van der Waals surface area contributed by atoms with Crippen molar-refractivity contribution in [1.29, 1.82) is 0 Å². The van der Waals surface area contributed by atoms with Crippen LogP contribution in [0, 0.1) is 5.92 Å². The number of carbonyl (C=O) groups excluding carboxylic acids is 2. The highest BCUT2D eigenvalue weighted by molar-refractivity contribution is 5.97. The largest absolute Gasteiger partial charge is 0.396 e. The number of fused-ring (bicyclic) bond motifs is 1. The molecule has 0 aliphatic carbocycles. The monoisotopic (exact) mass is 304 g/mol. The van der Waals surface area contributed by atoms with Crippen LogP contribution in [0.4, 0.5) is 5.69 Å². The summed E-state index contributed by atoms with van der Waals surface area (Å²) in [5.41, 5.74) is 2.43. The van der Waals surface area contributed by atoms with E-state index in [9.17, 15) is 9.59 Å². The number of aryl methyl sites for hydroxylation is 1. The van der Waals surface area contributed by atoms with Gasteiger partial charge in [-0.15, -0.1) is 0 Å². The zero-order valence-electron chi connectivity index (χ0n) is 13.0. The van der Waals surface area contributed by atoms with Crippen LogP contribution in [-0.2, 0) is 11.2 Å². The first-order chi connectivity index (χ1) is 10.6.